The third-order valence-corrected chi connectivity index (χ3v) is 5.50. The first-order valence-electron chi connectivity index (χ1n) is 7.17. The quantitative estimate of drug-likeness (QED) is 0.734. The van der Waals surface area contributed by atoms with Crippen molar-refractivity contribution < 1.29 is 13.2 Å². The summed E-state index contributed by atoms with van der Waals surface area (Å²) in [5, 5.41) is 1.91. The van der Waals surface area contributed by atoms with E-state index in [0.29, 0.717) is 22.7 Å². The first kappa shape index (κ1) is 15.8. The molecular formula is C16H16N2O3S2. The highest BCUT2D eigenvalue weighted by molar-refractivity contribution is 7.93. The number of nitrogens with zero attached hydrogens (tertiary/aromatic N) is 1. The van der Waals surface area contributed by atoms with Crippen LogP contribution in [0, 0.1) is 0 Å². The van der Waals surface area contributed by atoms with Crippen LogP contribution in [0.5, 0.6) is 5.75 Å². The molecule has 0 spiro atoms. The molecule has 0 aliphatic heterocycles. The topological polar surface area (TPSA) is 68.3 Å². The monoisotopic (exact) mass is 348 g/mol. The van der Waals surface area contributed by atoms with Crippen LogP contribution in [-0.2, 0) is 10.0 Å². The number of rotatable bonds is 6. The van der Waals surface area contributed by atoms with E-state index in [9.17, 15) is 8.42 Å². The molecule has 1 N–H and O–H groups in total. The summed E-state index contributed by atoms with van der Waals surface area (Å²) < 4.78 is 33.6. The van der Waals surface area contributed by atoms with Crippen LogP contribution < -0.4 is 9.46 Å². The van der Waals surface area contributed by atoms with Crippen molar-refractivity contribution in [2.24, 2.45) is 0 Å². The lowest BCUT2D eigenvalue weighted by molar-refractivity contribution is 0.321. The summed E-state index contributed by atoms with van der Waals surface area (Å²) in [6, 6.07) is 10.6. The van der Waals surface area contributed by atoms with Gasteiger partial charge in [-0.25, -0.2) is 8.42 Å². The third-order valence-electron chi connectivity index (χ3n) is 3.26. The van der Waals surface area contributed by atoms with Crippen molar-refractivity contribution in [1.82, 2.24) is 4.98 Å². The molecule has 3 aromatic rings. The second-order valence-corrected chi connectivity index (χ2v) is 7.46. The lowest BCUT2D eigenvalue weighted by atomic mass is 10.1. The summed E-state index contributed by atoms with van der Waals surface area (Å²) >= 11 is 1.24. The summed E-state index contributed by atoms with van der Waals surface area (Å²) in [4.78, 5) is 4.11. The number of thiazole rings is 1. The molecule has 0 amide bonds. The van der Waals surface area contributed by atoms with Crippen molar-refractivity contribution in [3.63, 3.8) is 0 Å². The Labute approximate surface area is 139 Å². The number of benzene rings is 2. The predicted molar refractivity (Wildman–Crippen MR) is 92.7 cm³/mol. The highest BCUT2D eigenvalue weighted by atomic mass is 32.2. The Bertz CT molecular complexity index is 906. The minimum Gasteiger partial charge on any atom is -0.493 e. The molecule has 0 atom stereocenters. The van der Waals surface area contributed by atoms with E-state index in [1.54, 1.807) is 23.7 Å². The first-order valence-corrected chi connectivity index (χ1v) is 9.54. The summed E-state index contributed by atoms with van der Waals surface area (Å²) in [7, 11) is -3.68. The summed E-state index contributed by atoms with van der Waals surface area (Å²) in [5.74, 6) is 0.694. The Morgan fingerprint density at radius 3 is 2.65 bits per heavy atom. The number of ether oxygens (including phenoxy) is 1. The molecule has 0 radical (unpaired) electrons. The van der Waals surface area contributed by atoms with Gasteiger partial charge in [-0.2, -0.15) is 0 Å². The van der Waals surface area contributed by atoms with Crippen LogP contribution in [0.4, 0.5) is 5.00 Å². The number of hydrogen-bond donors (Lipinski definition) is 1. The molecule has 120 valence electrons. The average molecular weight is 348 g/mol. The Morgan fingerprint density at radius 2 is 1.96 bits per heavy atom. The number of anilines is 1. The van der Waals surface area contributed by atoms with Crippen molar-refractivity contribution in [2.75, 3.05) is 11.3 Å². The van der Waals surface area contributed by atoms with Crippen LogP contribution in [0.3, 0.4) is 0 Å². The molecule has 0 bridgehead atoms. The first-order chi connectivity index (χ1) is 11.1. The van der Waals surface area contributed by atoms with Crippen LogP contribution >= 0.6 is 11.3 Å². The number of fused-ring (bicyclic) bond motifs is 1. The number of nitrogens with one attached hydrogen (secondary N) is 1. The van der Waals surface area contributed by atoms with Crippen LogP contribution in [-0.4, -0.2) is 20.0 Å². The van der Waals surface area contributed by atoms with Crippen LogP contribution in [0.15, 0.2) is 53.0 Å². The molecule has 1 heterocycles. The number of sulfonamides is 1. The molecule has 0 aliphatic rings. The van der Waals surface area contributed by atoms with Crippen molar-refractivity contribution in [2.45, 2.75) is 18.2 Å². The van der Waals surface area contributed by atoms with Gasteiger partial charge in [0.2, 0.25) is 0 Å². The minimum absolute atomic E-state index is 0.227. The van der Waals surface area contributed by atoms with Gasteiger partial charge in [-0.05, 0) is 18.6 Å². The van der Waals surface area contributed by atoms with Gasteiger partial charge in [0.15, 0.2) is 0 Å². The summed E-state index contributed by atoms with van der Waals surface area (Å²) in [6.07, 6.45) is 2.38. The second kappa shape index (κ2) is 6.55. The van der Waals surface area contributed by atoms with E-state index >= 15 is 0 Å². The maximum Gasteiger partial charge on any atom is 0.263 e. The molecule has 23 heavy (non-hydrogen) atoms. The van der Waals surface area contributed by atoms with Gasteiger partial charge in [0.25, 0.3) is 10.0 Å². The van der Waals surface area contributed by atoms with E-state index in [-0.39, 0.29) is 4.90 Å². The van der Waals surface area contributed by atoms with Gasteiger partial charge in [-0.15, -0.1) is 11.3 Å². The lowest BCUT2D eigenvalue weighted by Crippen LogP contribution is -2.12. The molecule has 5 nitrogen and oxygen atoms in total. The van der Waals surface area contributed by atoms with Gasteiger partial charge in [-0.1, -0.05) is 31.2 Å². The van der Waals surface area contributed by atoms with E-state index in [2.05, 4.69) is 9.71 Å². The minimum atomic E-state index is -3.68. The van der Waals surface area contributed by atoms with Gasteiger partial charge in [0.05, 0.1) is 23.2 Å². The zero-order chi connectivity index (χ0) is 16.3. The maximum atomic E-state index is 12.7. The standard InChI is InChI=1S/C16H16N2O3S2/c1-2-9-21-14-7-8-15(13-6-4-3-5-12(13)14)23(19,20)18-16-10-17-11-22-16/h3-8,10-11,18H,2,9H2,1H3. The molecule has 0 fully saturated rings. The fourth-order valence-electron chi connectivity index (χ4n) is 2.27. The van der Waals surface area contributed by atoms with Gasteiger partial charge in [0, 0.05) is 10.8 Å². The Morgan fingerprint density at radius 1 is 1.17 bits per heavy atom. The normalized spacial score (nSPS) is 11.5. The van der Waals surface area contributed by atoms with Gasteiger partial charge < -0.3 is 4.74 Å². The molecule has 7 heteroatoms. The van der Waals surface area contributed by atoms with Gasteiger partial charge >= 0.3 is 0 Å². The Balaban J connectivity index is 2.08. The van der Waals surface area contributed by atoms with E-state index < -0.39 is 10.0 Å². The molecule has 0 saturated carbocycles. The Kier molecular flexibility index (Phi) is 4.49. The molecule has 3 rings (SSSR count). The highest BCUT2D eigenvalue weighted by Gasteiger charge is 2.19. The maximum absolute atomic E-state index is 12.7. The fourth-order valence-corrected chi connectivity index (χ4v) is 4.29. The van der Waals surface area contributed by atoms with Gasteiger partial charge in [-0.3, -0.25) is 9.71 Å². The molecule has 1 aromatic heterocycles. The number of aromatic nitrogens is 1. The Hall–Kier alpha value is -2.12. The smallest absolute Gasteiger partial charge is 0.263 e. The van der Waals surface area contributed by atoms with E-state index in [1.807, 2.05) is 25.1 Å². The van der Waals surface area contributed by atoms with E-state index in [1.165, 1.54) is 17.5 Å². The molecule has 0 saturated heterocycles. The summed E-state index contributed by atoms with van der Waals surface area (Å²) in [6.45, 7) is 2.62. The van der Waals surface area contributed by atoms with Crippen LogP contribution in [0.2, 0.25) is 0 Å². The average Bonchev–Trinajstić information content (AvgIpc) is 3.04. The molecule has 2 aromatic carbocycles. The van der Waals surface area contributed by atoms with Crippen LogP contribution in [0.25, 0.3) is 10.8 Å². The highest BCUT2D eigenvalue weighted by Crippen LogP contribution is 2.32. The van der Waals surface area contributed by atoms with Crippen LogP contribution in [0.1, 0.15) is 13.3 Å². The fraction of sp³-hybridized carbons (Fsp3) is 0.188. The number of hydrogen-bond acceptors (Lipinski definition) is 5. The largest absolute Gasteiger partial charge is 0.493 e. The molecule has 0 aliphatic carbocycles. The van der Waals surface area contributed by atoms with Crippen molar-refractivity contribution in [1.29, 1.82) is 0 Å². The SMILES string of the molecule is CCCOc1ccc(S(=O)(=O)Nc2cncs2)c2ccccc12. The predicted octanol–water partition coefficient (Wildman–Crippen LogP) is 3.89. The molecule has 0 unspecified atom stereocenters. The zero-order valence-corrected chi connectivity index (χ0v) is 14.2. The van der Waals surface area contributed by atoms with Crippen molar-refractivity contribution in [3.8, 4) is 5.75 Å². The third kappa shape index (κ3) is 3.30. The van der Waals surface area contributed by atoms with Crippen molar-refractivity contribution >= 4 is 37.1 Å². The van der Waals surface area contributed by atoms with E-state index in [0.717, 1.165) is 11.8 Å². The van der Waals surface area contributed by atoms with Gasteiger partial charge in [0.1, 0.15) is 10.8 Å². The van der Waals surface area contributed by atoms with Crippen molar-refractivity contribution in [3.05, 3.63) is 48.1 Å². The summed E-state index contributed by atoms with van der Waals surface area (Å²) in [5.41, 5.74) is 1.58. The lowest BCUT2D eigenvalue weighted by Gasteiger charge is -2.13. The molecular weight excluding hydrogens is 332 g/mol. The zero-order valence-electron chi connectivity index (χ0n) is 12.5. The van der Waals surface area contributed by atoms with E-state index in [4.69, 9.17) is 4.74 Å². The second-order valence-electron chi connectivity index (χ2n) is 4.93.